The minimum Gasteiger partial charge on any atom is -0.347 e. The van der Waals surface area contributed by atoms with Gasteiger partial charge in [0.1, 0.15) is 0 Å². The molecular formula is C11H12N6. The molecule has 6 heteroatoms. The average molecular weight is 228 g/mol. The summed E-state index contributed by atoms with van der Waals surface area (Å²) in [6.45, 7) is 2.64. The van der Waals surface area contributed by atoms with Crippen molar-refractivity contribution in [2.45, 2.75) is 13.5 Å². The van der Waals surface area contributed by atoms with Crippen LogP contribution in [0.25, 0.3) is 5.65 Å². The highest BCUT2D eigenvalue weighted by atomic mass is 15.3. The maximum Gasteiger partial charge on any atom is 0.243 e. The van der Waals surface area contributed by atoms with E-state index in [1.54, 1.807) is 12.5 Å². The molecule has 3 rings (SSSR count). The van der Waals surface area contributed by atoms with E-state index in [1.807, 2.05) is 29.6 Å². The topological polar surface area (TPSA) is 70.9 Å². The minimum absolute atomic E-state index is 0.619. The van der Waals surface area contributed by atoms with Crippen molar-refractivity contribution in [1.82, 2.24) is 24.6 Å². The van der Waals surface area contributed by atoms with E-state index >= 15 is 0 Å². The van der Waals surface area contributed by atoms with E-state index in [-0.39, 0.29) is 0 Å². The zero-order valence-corrected chi connectivity index (χ0v) is 9.38. The number of aromatic nitrogens is 5. The molecule has 6 nitrogen and oxygen atoms in total. The van der Waals surface area contributed by atoms with Crippen molar-refractivity contribution in [2.24, 2.45) is 0 Å². The number of aromatic amines is 1. The molecule has 0 saturated carbocycles. The fraction of sp³-hybridized carbons (Fsp3) is 0.182. The Bertz CT molecular complexity index is 625. The van der Waals surface area contributed by atoms with E-state index in [2.05, 4.69) is 25.4 Å². The molecule has 0 spiro atoms. The van der Waals surface area contributed by atoms with Crippen LogP contribution in [0, 0.1) is 6.92 Å². The van der Waals surface area contributed by atoms with Gasteiger partial charge in [-0.3, -0.25) is 0 Å². The number of aryl methyl sites for hydroxylation is 1. The molecule has 17 heavy (non-hydrogen) atoms. The lowest BCUT2D eigenvalue weighted by Crippen LogP contribution is -2.01. The fourth-order valence-corrected chi connectivity index (χ4v) is 1.67. The lowest BCUT2D eigenvalue weighted by molar-refractivity contribution is 0.907. The number of nitrogens with zero attached hydrogens (tertiary/aromatic N) is 4. The van der Waals surface area contributed by atoms with Crippen molar-refractivity contribution in [3.8, 4) is 0 Å². The molecule has 0 saturated heterocycles. The maximum absolute atomic E-state index is 4.38. The standard InChI is InChI=1S/C11H12N6/c1-8-3-2-4-10-15-11(16-17(8)10)13-6-9-5-12-7-14-9/h2-5,7H,6H2,1H3,(H,12,14)(H,13,16). The monoisotopic (exact) mass is 228 g/mol. The summed E-state index contributed by atoms with van der Waals surface area (Å²) in [5.41, 5.74) is 2.90. The van der Waals surface area contributed by atoms with E-state index in [0.29, 0.717) is 12.5 Å². The molecule has 0 radical (unpaired) electrons. The van der Waals surface area contributed by atoms with Gasteiger partial charge >= 0.3 is 0 Å². The Hall–Kier alpha value is -2.37. The van der Waals surface area contributed by atoms with Gasteiger partial charge in [-0.2, -0.15) is 4.98 Å². The fourth-order valence-electron chi connectivity index (χ4n) is 1.67. The molecule has 0 atom stereocenters. The third-order valence-electron chi connectivity index (χ3n) is 2.54. The van der Waals surface area contributed by atoms with E-state index in [9.17, 15) is 0 Å². The minimum atomic E-state index is 0.619. The largest absolute Gasteiger partial charge is 0.347 e. The molecule has 0 aromatic carbocycles. The summed E-state index contributed by atoms with van der Waals surface area (Å²) in [4.78, 5) is 11.3. The molecule has 0 aliphatic rings. The highest BCUT2D eigenvalue weighted by molar-refractivity contribution is 5.44. The van der Waals surface area contributed by atoms with Crippen LogP contribution < -0.4 is 5.32 Å². The number of hydrogen-bond donors (Lipinski definition) is 2. The van der Waals surface area contributed by atoms with Gasteiger partial charge in [-0.15, -0.1) is 5.10 Å². The molecular weight excluding hydrogens is 216 g/mol. The first-order valence-electron chi connectivity index (χ1n) is 5.36. The van der Waals surface area contributed by atoms with Crippen LogP contribution in [-0.4, -0.2) is 24.6 Å². The van der Waals surface area contributed by atoms with E-state index < -0.39 is 0 Å². The van der Waals surface area contributed by atoms with Gasteiger partial charge in [0.2, 0.25) is 5.95 Å². The normalized spacial score (nSPS) is 10.9. The number of nitrogens with one attached hydrogen (secondary N) is 2. The highest BCUT2D eigenvalue weighted by Gasteiger charge is 2.04. The van der Waals surface area contributed by atoms with Crippen molar-refractivity contribution >= 4 is 11.6 Å². The van der Waals surface area contributed by atoms with Crippen molar-refractivity contribution in [2.75, 3.05) is 5.32 Å². The van der Waals surface area contributed by atoms with Crippen LogP contribution in [0.15, 0.2) is 30.7 Å². The Kier molecular flexibility index (Phi) is 2.25. The summed E-state index contributed by atoms with van der Waals surface area (Å²) in [5, 5.41) is 7.52. The second kappa shape index (κ2) is 3.89. The average Bonchev–Trinajstić information content (AvgIpc) is 2.95. The number of fused-ring (bicyclic) bond motifs is 1. The van der Waals surface area contributed by atoms with Gasteiger partial charge in [0.05, 0.1) is 18.6 Å². The summed E-state index contributed by atoms with van der Waals surface area (Å²) in [5.74, 6) is 0.619. The number of anilines is 1. The molecule has 0 aliphatic heterocycles. The molecule has 0 amide bonds. The van der Waals surface area contributed by atoms with Gasteiger partial charge < -0.3 is 10.3 Å². The van der Waals surface area contributed by atoms with E-state index in [1.165, 1.54) is 0 Å². The molecule has 0 unspecified atom stereocenters. The van der Waals surface area contributed by atoms with Crippen LogP contribution in [0.4, 0.5) is 5.95 Å². The summed E-state index contributed by atoms with van der Waals surface area (Å²) >= 11 is 0. The molecule has 0 bridgehead atoms. The number of H-pyrrole nitrogens is 1. The Morgan fingerprint density at radius 3 is 3.12 bits per heavy atom. The lowest BCUT2D eigenvalue weighted by atomic mass is 10.4. The first-order chi connectivity index (χ1) is 8.33. The third kappa shape index (κ3) is 1.84. The molecule has 3 aromatic heterocycles. The summed E-state index contributed by atoms with van der Waals surface area (Å²) < 4.78 is 1.81. The van der Waals surface area contributed by atoms with Crippen molar-refractivity contribution in [3.05, 3.63) is 42.1 Å². The number of pyridine rings is 1. The van der Waals surface area contributed by atoms with Crippen molar-refractivity contribution < 1.29 is 0 Å². The smallest absolute Gasteiger partial charge is 0.243 e. The van der Waals surface area contributed by atoms with Crippen LogP contribution in [0.5, 0.6) is 0 Å². The van der Waals surface area contributed by atoms with Crippen molar-refractivity contribution in [1.29, 1.82) is 0 Å². The first kappa shape index (κ1) is 9.83. The molecule has 2 N–H and O–H groups in total. The van der Waals surface area contributed by atoms with Crippen LogP contribution in [0.1, 0.15) is 11.4 Å². The molecule has 3 aromatic rings. The van der Waals surface area contributed by atoms with Gasteiger partial charge in [-0.1, -0.05) is 6.07 Å². The predicted octanol–water partition coefficient (Wildman–Crippen LogP) is 1.37. The van der Waals surface area contributed by atoms with Gasteiger partial charge in [-0.05, 0) is 19.1 Å². The van der Waals surface area contributed by atoms with Crippen LogP contribution in [-0.2, 0) is 6.54 Å². The van der Waals surface area contributed by atoms with Gasteiger partial charge in [0.25, 0.3) is 0 Å². The Morgan fingerprint density at radius 1 is 1.41 bits per heavy atom. The quantitative estimate of drug-likeness (QED) is 0.710. The highest BCUT2D eigenvalue weighted by Crippen LogP contribution is 2.08. The molecule has 0 aliphatic carbocycles. The summed E-state index contributed by atoms with van der Waals surface area (Å²) in [6, 6.07) is 5.90. The Morgan fingerprint density at radius 2 is 2.35 bits per heavy atom. The van der Waals surface area contributed by atoms with Crippen LogP contribution in [0.3, 0.4) is 0 Å². The van der Waals surface area contributed by atoms with E-state index in [0.717, 1.165) is 17.0 Å². The predicted molar refractivity (Wildman–Crippen MR) is 63.6 cm³/mol. The lowest BCUT2D eigenvalue weighted by Gasteiger charge is -1.97. The number of hydrogen-bond acceptors (Lipinski definition) is 4. The zero-order chi connectivity index (χ0) is 11.7. The van der Waals surface area contributed by atoms with Gasteiger partial charge in [0, 0.05) is 11.9 Å². The van der Waals surface area contributed by atoms with Gasteiger partial charge in [-0.25, -0.2) is 9.50 Å². The molecule has 0 fully saturated rings. The van der Waals surface area contributed by atoms with E-state index in [4.69, 9.17) is 0 Å². The SMILES string of the molecule is Cc1cccc2nc(NCc3cnc[nH]3)nn12. The molecule has 86 valence electrons. The van der Waals surface area contributed by atoms with Gasteiger partial charge in [0.15, 0.2) is 5.65 Å². The number of rotatable bonds is 3. The van der Waals surface area contributed by atoms with Crippen molar-refractivity contribution in [3.63, 3.8) is 0 Å². The summed E-state index contributed by atoms with van der Waals surface area (Å²) in [6.07, 6.45) is 3.42. The zero-order valence-electron chi connectivity index (χ0n) is 9.38. The summed E-state index contributed by atoms with van der Waals surface area (Å²) in [7, 11) is 0. The Labute approximate surface area is 97.7 Å². The maximum atomic E-state index is 4.38. The Balaban J connectivity index is 1.84. The number of imidazole rings is 1. The van der Waals surface area contributed by atoms with Crippen LogP contribution in [0.2, 0.25) is 0 Å². The second-order valence-corrected chi connectivity index (χ2v) is 3.80. The first-order valence-corrected chi connectivity index (χ1v) is 5.36. The molecule has 3 heterocycles. The third-order valence-corrected chi connectivity index (χ3v) is 2.54. The second-order valence-electron chi connectivity index (χ2n) is 3.80. The van der Waals surface area contributed by atoms with Crippen LogP contribution >= 0.6 is 0 Å².